The van der Waals surface area contributed by atoms with E-state index in [1.807, 2.05) is 23.1 Å². The van der Waals surface area contributed by atoms with Crippen molar-refractivity contribution in [1.82, 2.24) is 9.88 Å². The fourth-order valence-electron chi connectivity index (χ4n) is 3.30. The van der Waals surface area contributed by atoms with Gasteiger partial charge in [0.05, 0.1) is 0 Å². The minimum atomic E-state index is -0.294. The van der Waals surface area contributed by atoms with Crippen molar-refractivity contribution in [3.05, 3.63) is 84.3 Å². The van der Waals surface area contributed by atoms with Crippen LogP contribution in [-0.2, 0) is 0 Å². The summed E-state index contributed by atoms with van der Waals surface area (Å²) in [5.74, 6) is 0.259. The zero-order chi connectivity index (χ0) is 19.3. The Labute approximate surface area is 163 Å². The predicted octanol–water partition coefficient (Wildman–Crippen LogP) is 3.93. The van der Waals surface area contributed by atoms with Crippen molar-refractivity contribution in [2.75, 3.05) is 36.4 Å². The second kappa shape index (κ2) is 8.08. The second-order valence-electron chi connectivity index (χ2n) is 6.68. The standard InChI is InChI=1S/C22H21FN4O/c23-18-6-8-19(9-7-18)25-21-16-17(10-11-24-21)22(28)27-14-12-26(13-15-27)20-4-2-1-3-5-20/h1-11,16H,12-15H2,(H,24,25). The molecule has 0 bridgehead atoms. The van der Waals surface area contributed by atoms with Gasteiger partial charge in [0.2, 0.25) is 0 Å². The van der Waals surface area contributed by atoms with Crippen molar-refractivity contribution in [3.8, 4) is 0 Å². The SMILES string of the molecule is O=C(c1ccnc(Nc2ccc(F)cc2)c1)N1CCN(c2ccccc2)CC1. The maximum absolute atomic E-state index is 13.0. The van der Waals surface area contributed by atoms with Crippen LogP contribution >= 0.6 is 0 Å². The number of anilines is 3. The third-order valence-corrected chi connectivity index (χ3v) is 4.81. The number of pyridine rings is 1. The van der Waals surface area contributed by atoms with Crippen LogP contribution in [0.1, 0.15) is 10.4 Å². The van der Waals surface area contributed by atoms with Crippen molar-refractivity contribution in [1.29, 1.82) is 0 Å². The molecule has 28 heavy (non-hydrogen) atoms. The summed E-state index contributed by atoms with van der Waals surface area (Å²) in [5.41, 5.74) is 2.49. The Hall–Kier alpha value is -3.41. The molecule has 4 rings (SSSR count). The molecule has 0 radical (unpaired) electrons. The number of benzene rings is 2. The molecule has 142 valence electrons. The summed E-state index contributed by atoms with van der Waals surface area (Å²) in [6, 6.07) is 19.7. The van der Waals surface area contributed by atoms with Gasteiger partial charge in [-0.05, 0) is 48.5 Å². The van der Waals surface area contributed by atoms with Crippen molar-refractivity contribution < 1.29 is 9.18 Å². The first-order valence-electron chi connectivity index (χ1n) is 9.27. The summed E-state index contributed by atoms with van der Waals surface area (Å²) in [4.78, 5) is 21.3. The van der Waals surface area contributed by atoms with Gasteiger partial charge in [-0.25, -0.2) is 9.37 Å². The van der Waals surface area contributed by atoms with Crippen LogP contribution in [0.2, 0.25) is 0 Å². The lowest BCUT2D eigenvalue weighted by molar-refractivity contribution is 0.0746. The predicted molar refractivity (Wildman–Crippen MR) is 108 cm³/mol. The molecule has 0 unspecified atom stereocenters. The molecule has 1 aliphatic rings. The maximum Gasteiger partial charge on any atom is 0.254 e. The third-order valence-electron chi connectivity index (χ3n) is 4.81. The Morgan fingerprint density at radius 2 is 1.64 bits per heavy atom. The van der Waals surface area contributed by atoms with Gasteiger partial charge >= 0.3 is 0 Å². The molecule has 0 aliphatic carbocycles. The number of nitrogens with one attached hydrogen (secondary N) is 1. The molecule has 1 fully saturated rings. The molecule has 1 aliphatic heterocycles. The number of aromatic nitrogens is 1. The van der Waals surface area contributed by atoms with E-state index in [1.165, 1.54) is 17.8 Å². The van der Waals surface area contributed by atoms with Crippen LogP contribution in [0.5, 0.6) is 0 Å². The van der Waals surface area contributed by atoms with E-state index < -0.39 is 0 Å². The Morgan fingerprint density at radius 1 is 0.929 bits per heavy atom. The number of para-hydroxylation sites is 1. The monoisotopic (exact) mass is 376 g/mol. The van der Waals surface area contributed by atoms with Crippen LogP contribution in [0.25, 0.3) is 0 Å². The van der Waals surface area contributed by atoms with Gasteiger partial charge in [-0.2, -0.15) is 0 Å². The van der Waals surface area contributed by atoms with Gasteiger partial charge in [-0.1, -0.05) is 18.2 Å². The Morgan fingerprint density at radius 3 is 2.36 bits per heavy atom. The van der Waals surface area contributed by atoms with Crippen LogP contribution in [0.3, 0.4) is 0 Å². The van der Waals surface area contributed by atoms with Gasteiger partial charge in [-0.15, -0.1) is 0 Å². The zero-order valence-corrected chi connectivity index (χ0v) is 15.4. The highest BCUT2D eigenvalue weighted by molar-refractivity contribution is 5.95. The number of rotatable bonds is 4. The first kappa shape index (κ1) is 18.0. The summed E-state index contributed by atoms with van der Waals surface area (Å²) in [6.07, 6.45) is 1.61. The number of hydrogen-bond donors (Lipinski definition) is 1. The molecule has 5 nitrogen and oxygen atoms in total. The van der Waals surface area contributed by atoms with E-state index in [0.717, 1.165) is 18.8 Å². The Kier molecular flexibility index (Phi) is 5.19. The van der Waals surface area contributed by atoms with Gasteiger partial charge in [-0.3, -0.25) is 4.79 Å². The second-order valence-corrected chi connectivity index (χ2v) is 6.68. The van der Waals surface area contributed by atoms with Crippen molar-refractivity contribution >= 4 is 23.1 Å². The molecule has 0 spiro atoms. The van der Waals surface area contributed by atoms with Gasteiger partial charge in [0.1, 0.15) is 11.6 Å². The molecule has 1 N–H and O–H groups in total. The maximum atomic E-state index is 13.0. The van der Waals surface area contributed by atoms with Crippen LogP contribution < -0.4 is 10.2 Å². The van der Waals surface area contributed by atoms with E-state index in [1.54, 1.807) is 30.5 Å². The average molecular weight is 376 g/mol. The molecule has 0 saturated carbocycles. The minimum Gasteiger partial charge on any atom is -0.368 e. The summed E-state index contributed by atoms with van der Waals surface area (Å²) in [6.45, 7) is 2.97. The summed E-state index contributed by atoms with van der Waals surface area (Å²) in [7, 11) is 0. The molecular formula is C22H21FN4O. The molecule has 0 atom stereocenters. The molecule has 3 aromatic rings. The van der Waals surface area contributed by atoms with Crippen molar-refractivity contribution in [3.63, 3.8) is 0 Å². The molecule has 2 aromatic carbocycles. The van der Waals surface area contributed by atoms with E-state index >= 15 is 0 Å². The summed E-state index contributed by atoms with van der Waals surface area (Å²) >= 11 is 0. The Bertz CT molecular complexity index is 938. The average Bonchev–Trinajstić information content (AvgIpc) is 2.76. The summed E-state index contributed by atoms with van der Waals surface area (Å²) in [5, 5.41) is 3.10. The van der Waals surface area contributed by atoms with Crippen molar-refractivity contribution in [2.45, 2.75) is 0 Å². The zero-order valence-electron chi connectivity index (χ0n) is 15.4. The fourth-order valence-corrected chi connectivity index (χ4v) is 3.30. The lowest BCUT2D eigenvalue weighted by Crippen LogP contribution is -2.48. The highest BCUT2D eigenvalue weighted by atomic mass is 19.1. The third kappa shape index (κ3) is 4.11. The topological polar surface area (TPSA) is 48.5 Å². The molecule has 1 amide bonds. The highest BCUT2D eigenvalue weighted by Crippen LogP contribution is 2.19. The van der Waals surface area contributed by atoms with Crippen LogP contribution in [-0.4, -0.2) is 42.0 Å². The number of piperazine rings is 1. The quantitative estimate of drug-likeness (QED) is 0.750. The molecule has 2 heterocycles. The van der Waals surface area contributed by atoms with Crippen LogP contribution in [0.4, 0.5) is 21.6 Å². The number of carbonyl (C=O) groups excluding carboxylic acids is 1. The largest absolute Gasteiger partial charge is 0.368 e. The van der Waals surface area contributed by atoms with E-state index in [2.05, 4.69) is 27.3 Å². The Balaban J connectivity index is 1.40. The number of amides is 1. The van der Waals surface area contributed by atoms with E-state index in [0.29, 0.717) is 24.5 Å². The molecule has 6 heteroatoms. The minimum absolute atomic E-state index is 0.00253. The van der Waals surface area contributed by atoms with Crippen molar-refractivity contribution in [2.24, 2.45) is 0 Å². The fraction of sp³-hybridized carbons (Fsp3) is 0.182. The van der Waals surface area contributed by atoms with Crippen LogP contribution in [0.15, 0.2) is 72.9 Å². The summed E-state index contributed by atoms with van der Waals surface area (Å²) < 4.78 is 13.0. The van der Waals surface area contributed by atoms with Gasteiger partial charge < -0.3 is 15.1 Å². The van der Waals surface area contributed by atoms with E-state index in [-0.39, 0.29) is 11.7 Å². The lowest BCUT2D eigenvalue weighted by atomic mass is 10.2. The normalized spacial score (nSPS) is 14.0. The molecule has 1 aromatic heterocycles. The number of halogens is 1. The first-order valence-corrected chi connectivity index (χ1v) is 9.27. The lowest BCUT2D eigenvalue weighted by Gasteiger charge is -2.36. The number of hydrogen-bond acceptors (Lipinski definition) is 4. The van der Waals surface area contributed by atoms with Gasteiger partial charge in [0, 0.05) is 49.3 Å². The first-order chi connectivity index (χ1) is 13.7. The highest BCUT2D eigenvalue weighted by Gasteiger charge is 2.22. The van der Waals surface area contributed by atoms with Gasteiger partial charge in [0.25, 0.3) is 5.91 Å². The van der Waals surface area contributed by atoms with E-state index in [9.17, 15) is 9.18 Å². The van der Waals surface area contributed by atoms with Crippen LogP contribution in [0, 0.1) is 5.82 Å². The van der Waals surface area contributed by atoms with E-state index in [4.69, 9.17) is 0 Å². The number of carbonyl (C=O) groups is 1. The number of nitrogens with zero attached hydrogens (tertiary/aromatic N) is 3. The smallest absolute Gasteiger partial charge is 0.254 e. The van der Waals surface area contributed by atoms with Gasteiger partial charge in [0.15, 0.2) is 0 Å². The molecular weight excluding hydrogens is 355 g/mol. The molecule has 1 saturated heterocycles.